The molecule has 0 saturated carbocycles. The fourth-order valence-electron chi connectivity index (χ4n) is 0. The van der Waals surface area contributed by atoms with Gasteiger partial charge in [-0.1, -0.05) is 0 Å². The van der Waals surface area contributed by atoms with Gasteiger partial charge in [-0.2, -0.15) is 0 Å². The number of aliphatic carboxylic acids is 2. The van der Waals surface area contributed by atoms with Crippen molar-refractivity contribution in [3.63, 3.8) is 0 Å². The van der Waals surface area contributed by atoms with Crippen LogP contribution >= 0.6 is 0 Å². The Bertz CT molecular complexity index is 109. The van der Waals surface area contributed by atoms with Crippen LogP contribution in [0.15, 0.2) is 0 Å². The third-order valence-electron chi connectivity index (χ3n) is 0.183. The minimum Gasteiger partial charge on any atom is -0.473 e. The largest absolute Gasteiger partial charge is 0.631 e. The van der Waals surface area contributed by atoms with Gasteiger partial charge >= 0.3 is 19.3 Å². The molecule has 0 spiro atoms. The molecule has 0 aliphatic carbocycles. The van der Waals surface area contributed by atoms with Gasteiger partial charge in [0.1, 0.15) is 0 Å². The Labute approximate surface area is 77.0 Å². The van der Waals surface area contributed by atoms with Crippen molar-refractivity contribution in [2.45, 2.75) is 0 Å². The molecule has 0 aliphatic heterocycles. The Morgan fingerprint density at radius 3 is 1.00 bits per heavy atom. The van der Waals surface area contributed by atoms with Crippen LogP contribution in [0.25, 0.3) is 0 Å². The summed E-state index contributed by atoms with van der Waals surface area (Å²) in [5.74, 6) is -3.65. The Hall–Kier alpha value is -0.375. The van der Waals surface area contributed by atoms with Crippen molar-refractivity contribution >= 4 is 19.3 Å². The second-order valence-electron chi connectivity index (χ2n) is 0.957. The zero-order chi connectivity index (χ0) is 8.73. The van der Waals surface area contributed by atoms with E-state index in [0.717, 1.165) is 0 Å². The predicted molar refractivity (Wildman–Crippen MR) is 27.7 cm³/mol. The molecular formula is C2H5AgBO7. The van der Waals surface area contributed by atoms with Gasteiger partial charge in [-0.25, -0.2) is 9.59 Å². The van der Waals surface area contributed by atoms with Crippen molar-refractivity contribution in [1.82, 2.24) is 0 Å². The normalized spacial score (nSPS) is 6.45. The smallest absolute Gasteiger partial charge is 0.473 e. The van der Waals surface area contributed by atoms with Crippen LogP contribution in [0, 0.1) is 0 Å². The van der Waals surface area contributed by atoms with Crippen molar-refractivity contribution in [3.05, 3.63) is 0 Å². The molecule has 0 heterocycles. The molecule has 11 heavy (non-hydrogen) atoms. The molecule has 5 N–H and O–H groups in total. The van der Waals surface area contributed by atoms with Gasteiger partial charge in [0.2, 0.25) is 0 Å². The van der Waals surface area contributed by atoms with Crippen LogP contribution in [-0.4, -0.2) is 44.5 Å². The number of hydrogen-bond acceptors (Lipinski definition) is 5. The molecule has 9 heteroatoms. The average Bonchev–Trinajstić information content (AvgIpc) is 1.63. The van der Waals surface area contributed by atoms with E-state index in [1.54, 1.807) is 0 Å². The number of carboxylic acid groups (broad SMARTS) is 2. The number of carbonyl (C=O) groups is 2. The molecule has 1 radical (unpaired) electrons. The summed E-state index contributed by atoms with van der Waals surface area (Å²) < 4.78 is 0. The molecule has 0 aromatic heterocycles. The van der Waals surface area contributed by atoms with Gasteiger partial charge in [0.15, 0.2) is 0 Å². The predicted octanol–water partition coefficient (Wildman–Crippen LogP) is -2.90. The standard InChI is InChI=1S/C2H2O4.Ag.BH3O3/c3-1(4)2(5)6;;2-1(3)4/h(H,3,4)(H,5,6);;2-4H. The minimum atomic E-state index is -2.17. The summed E-state index contributed by atoms with van der Waals surface area (Å²) in [7, 11) is -2.17. The topological polar surface area (TPSA) is 135 Å². The first kappa shape index (κ1) is 16.9. The number of hydrogen-bond donors (Lipinski definition) is 5. The summed E-state index contributed by atoms with van der Waals surface area (Å²) in [6, 6.07) is 0. The minimum absolute atomic E-state index is 0. The van der Waals surface area contributed by atoms with E-state index >= 15 is 0 Å². The monoisotopic (exact) mass is 259 g/mol. The average molecular weight is 260 g/mol. The summed E-state index contributed by atoms with van der Waals surface area (Å²) >= 11 is 0. The summed E-state index contributed by atoms with van der Waals surface area (Å²) in [5, 5.41) is 36.3. The third kappa shape index (κ3) is 42.6. The second kappa shape index (κ2) is 9.63. The zero-order valence-electron chi connectivity index (χ0n) is 4.93. The Balaban J connectivity index is -0.000000114. The zero-order valence-corrected chi connectivity index (χ0v) is 6.41. The molecule has 0 aromatic rings. The molecule has 0 atom stereocenters. The van der Waals surface area contributed by atoms with Gasteiger partial charge in [-0.15, -0.1) is 0 Å². The maximum absolute atomic E-state index is 9.10. The molecule has 0 aliphatic rings. The van der Waals surface area contributed by atoms with Crippen LogP contribution in [-0.2, 0) is 32.0 Å². The molecule has 0 bridgehead atoms. The van der Waals surface area contributed by atoms with Crippen LogP contribution in [0.3, 0.4) is 0 Å². The Kier molecular flexibility index (Phi) is 14.8. The third-order valence-corrected chi connectivity index (χ3v) is 0.183. The summed E-state index contributed by atoms with van der Waals surface area (Å²) in [4.78, 5) is 18.2. The molecule has 7 nitrogen and oxygen atoms in total. The van der Waals surface area contributed by atoms with Crippen LogP contribution in [0.4, 0.5) is 0 Å². The van der Waals surface area contributed by atoms with Gasteiger partial charge in [0, 0.05) is 22.4 Å². The van der Waals surface area contributed by atoms with Crippen molar-refractivity contribution in [3.8, 4) is 0 Å². The molecule has 0 unspecified atom stereocenters. The second-order valence-corrected chi connectivity index (χ2v) is 0.957. The van der Waals surface area contributed by atoms with Gasteiger partial charge in [-0.05, 0) is 0 Å². The Morgan fingerprint density at radius 1 is 0.909 bits per heavy atom. The van der Waals surface area contributed by atoms with E-state index < -0.39 is 19.3 Å². The molecule has 0 aromatic carbocycles. The first-order valence-corrected chi connectivity index (χ1v) is 1.88. The molecule has 0 amide bonds. The number of carboxylic acids is 2. The van der Waals surface area contributed by atoms with Crippen molar-refractivity contribution < 1.29 is 57.3 Å². The van der Waals surface area contributed by atoms with Gasteiger partial charge in [-0.3, -0.25) is 0 Å². The van der Waals surface area contributed by atoms with Gasteiger partial charge in [0.05, 0.1) is 0 Å². The SMILES string of the molecule is O=C(O)C(=O)O.OB(O)O.[Ag]. The van der Waals surface area contributed by atoms with E-state index in [-0.39, 0.29) is 22.4 Å². The molecule has 0 saturated heterocycles. The number of rotatable bonds is 0. The fourth-order valence-corrected chi connectivity index (χ4v) is 0. The van der Waals surface area contributed by atoms with E-state index in [4.69, 9.17) is 34.9 Å². The van der Waals surface area contributed by atoms with Gasteiger partial charge in [0.25, 0.3) is 0 Å². The molecule has 69 valence electrons. The van der Waals surface area contributed by atoms with Crippen LogP contribution in [0.5, 0.6) is 0 Å². The molecule has 0 rings (SSSR count). The van der Waals surface area contributed by atoms with E-state index in [0.29, 0.717) is 0 Å². The van der Waals surface area contributed by atoms with E-state index in [2.05, 4.69) is 0 Å². The molecule has 0 fully saturated rings. The van der Waals surface area contributed by atoms with Crippen LogP contribution in [0.1, 0.15) is 0 Å². The van der Waals surface area contributed by atoms with E-state index in [1.807, 2.05) is 0 Å². The first-order valence-electron chi connectivity index (χ1n) is 1.88. The van der Waals surface area contributed by atoms with Crippen LogP contribution in [0.2, 0.25) is 0 Å². The summed E-state index contributed by atoms with van der Waals surface area (Å²) in [5.41, 5.74) is 0. The fraction of sp³-hybridized carbons (Fsp3) is 0. The van der Waals surface area contributed by atoms with Crippen molar-refractivity contribution in [1.29, 1.82) is 0 Å². The Morgan fingerprint density at radius 2 is 1.00 bits per heavy atom. The summed E-state index contributed by atoms with van der Waals surface area (Å²) in [6.07, 6.45) is 0. The first-order chi connectivity index (χ1) is 4.37. The van der Waals surface area contributed by atoms with Gasteiger partial charge < -0.3 is 25.3 Å². The van der Waals surface area contributed by atoms with E-state index in [1.165, 1.54) is 0 Å². The maximum atomic E-state index is 9.10. The quantitative estimate of drug-likeness (QED) is 0.233. The maximum Gasteiger partial charge on any atom is 0.631 e. The van der Waals surface area contributed by atoms with Crippen molar-refractivity contribution in [2.75, 3.05) is 0 Å². The summed E-state index contributed by atoms with van der Waals surface area (Å²) in [6.45, 7) is 0. The van der Waals surface area contributed by atoms with E-state index in [9.17, 15) is 0 Å². The molecular weight excluding hydrogens is 255 g/mol. The van der Waals surface area contributed by atoms with Crippen LogP contribution < -0.4 is 0 Å². The van der Waals surface area contributed by atoms with Crippen molar-refractivity contribution in [2.24, 2.45) is 0 Å².